The first-order chi connectivity index (χ1) is 10.2. The van der Waals surface area contributed by atoms with Crippen LogP contribution in [0.5, 0.6) is 0 Å². The van der Waals surface area contributed by atoms with Crippen LogP contribution in [0, 0.1) is 6.92 Å². The van der Waals surface area contributed by atoms with Gasteiger partial charge in [0.1, 0.15) is 0 Å². The number of carbonyl (C=O) groups is 1. The van der Waals surface area contributed by atoms with Crippen molar-refractivity contribution in [3.05, 3.63) is 47.8 Å². The summed E-state index contributed by atoms with van der Waals surface area (Å²) in [6.07, 6.45) is 3.48. The molecular formula is C16H21ClN4O. The van der Waals surface area contributed by atoms with Gasteiger partial charge in [0.25, 0.3) is 5.91 Å². The fraction of sp³-hybridized carbons (Fsp3) is 0.375. The topological polar surface area (TPSA) is 50.2 Å². The normalized spacial score (nSPS) is 17.9. The highest BCUT2D eigenvalue weighted by Gasteiger charge is 2.25. The SMILES string of the molecule is Cc1ccccc1-n1cc(C(=O)N2CCNC[C@@H]2C)cn1.Cl. The number of aromatic nitrogens is 2. The largest absolute Gasteiger partial charge is 0.333 e. The maximum Gasteiger partial charge on any atom is 0.257 e. The lowest BCUT2D eigenvalue weighted by Crippen LogP contribution is -2.52. The monoisotopic (exact) mass is 320 g/mol. The zero-order chi connectivity index (χ0) is 14.8. The minimum atomic E-state index is 0. The quantitative estimate of drug-likeness (QED) is 0.921. The van der Waals surface area contributed by atoms with Crippen molar-refractivity contribution >= 4 is 18.3 Å². The van der Waals surface area contributed by atoms with Crippen LogP contribution >= 0.6 is 12.4 Å². The van der Waals surface area contributed by atoms with Gasteiger partial charge in [0.2, 0.25) is 0 Å². The van der Waals surface area contributed by atoms with E-state index in [0.717, 1.165) is 30.9 Å². The van der Waals surface area contributed by atoms with Gasteiger partial charge in [0.15, 0.2) is 0 Å². The Balaban J connectivity index is 0.00000176. The molecule has 1 aromatic carbocycles. The molecule has 1 aromatic heterocycles. The smallest absolute Gasteiger partial charge is 0.257 e. The number of hydrogen-bond acceptors (Lipinski definition) is 3. The summed E-state index contributed by atoms with van der Waals surface area (Å²) in [4.78, 5) is 14.5. The number of rotatable bonds is 2. The Morgan fingerprint density at radius 1 is 1.36 bits per heavy atom. The molecule has 0 saturated carbocycles. The number of nitrogens with one attached hydrogen (secondary N) is 1. The number of piperazine rings is 1. The van der Waals surface area contributed by atoms with E-state index < -0.39 is 0 Å². The molecule has 5 nitrogen and oxygen atoms in total. The van der Waals surface area contributed by atoms with E-state index in [1.54, 1.807) is 10.9 Å². The van der Waals surface area contributed by atoms with Crippen LogP contribution in [0.1, 0.15) is 22.8 Å². The third-order valence-corrected chi connectivity index (χ3v) is 3.95. The highest BCUT2D eigenvalue weighted by molar-refractivity contribution is 5.94. The third kappa shape index (κ3) is 3.15. The Morgan fingerprint density at radius 3 is 2.86 bits per heavy atom. The van der Waals surface area contributed by atoms with Crippen molar-refractivity contribution in [3.8, 4) is 5.69 Å². The van der Waals surface area contributed by atoms with E-state index >= 15 is 0 Å². The summed E-state index contributed by atoms with van der Waals surface area (Å²) in [5.74, 6) is 0.0591. The standard InChI is InChI=1S/C16H20N4O.ClH/c1-12-5-3-4-6-15(12)20-11-14(10-18-20)16(21)19-8-7-17-9-13(19)2;/h3-6,10-11,13,17H,7-9H2,1-2H3;1H/t13-;/m0./s1. The lowest BCUT2D eigenvalue weighted by molar-refractivity contribution is 0.0656. The van der Waals surface area contributed by atoms with Crippen LogP contribution in [-0.2, 0) is 0 Å². The summed E-state index contributed by atoms with van der Waals surface area (Å²) in [5.41, 5.74) is 2.78. The molecule has 0 unspecified atom stereocenters. The van der Waals surface area contributed by atoms with E-state index in [9.17, 15) is 4.79 Å². The minimum Gasteiger partial charge on any atom is -0.333 e. The molecule has 1 saturated heterocycles. The first-order valence-electron chi connectivity index (χ1n) is 7.29. The second-order valence-corrected chi connectivity index (χ2v) is 5.51. The van der Waals surface area contributed by atoms with Crippen molar-refractivity contribution in [1.82, 2.24) is 20.0 Å². The predicted octanol–water partition coefficient (Wildman–Crippen LogP) is 2.04. The molecule has 2 aromatic rings. The van der Waals surface area contributed by atoms with E-state index in [1.807, 2.05) is 42.3 Å². The molecule has 22 heavy (non-hydrogen) atoms. The van der Waals surface area contributed by atoms with Gasteiger partial charge in [-0.3, -0.25) is 4.79 Å². The fourth-order valence-electron chi connectivity index (χ4n) is 2.69. The lowest BCUT2D eigenvalue weighted by atomic mass is 10.2. The Kier molecular flexibility index (Phi) is 5.21. The van der Waals surface area contributed by atoms with Crippen LogP contribution in [0.3, 0.4) is 0 Å². The maximum atomic E-state index is 12.6. The van der Waals surface area contributed by atoms with Crippen LogP contribution in [0.25, 0.3) is 5.69 Å². The fourth-order valence-corrected chi connectivity index (χ4v) is 2.69. The van der Waals surface area contributed by atoms with Crippen molar-refractivity contribution in [2.45, 2.75) is 19.9 Å². The molecule has 3 rings (SSSR count). The van der Waals surface area contributed by atoms with Crippen LogP contribution in [-0.4, -0.2) is 46.3 Å². The molecule has 118 valence electrons. The molecular weight excluding hydrogens is 300 g/mol. The average molecular weight is 321 g/mol. The highest BCUT2D eigenvalue weighted by atomic mass is 35.5. The van der Waals surface area contributed by atoms with Crippen LogP contribution in [0.15, 0.2) is 36.7 Å². The Hall–Kier alpha value is -1.85. The number of carbonyl (C=O) groups excluding carboxylic acids is 1. The summed E-state index contributed by atoms with van der Waals surface area (Å²) in [6.45, 7) is 6.54. The van der Waals surface area contributed by atoms with Gasteiger partial charge in [-0.05, 0) is 25.5 Å². The van der Waals surface area contributed by atoms with E-state index in [2.05, 4.69) is 17.3 Å². The lowest BCUT2D eigenvalue weighted by Gasteiger charge is -2.33. The van der Waals surface area contributed by atoms with Gasteiger partial charge in [-0.1, -0.05) is 18.2 Å². The van der Waals surface area contributed by atoms with Gasteiger partial charge in [-0.25, -0.2) is 4.68 Å². The van der Waals surface area contributed by atoms with E-state index in [0.29, 0.717) is 5.56 Å². The molecule has 1 N–H and O–H groups in total. The summed E-state index contributed by atoms with van der Waals surface area (Å²) >= 11 is 0. The Bertz CT molecular complexity index is 655. The highest BCUT2D eigenvalue weighted by Crippen LogP contribution is 2.15. The van der Waals surface area contributed by atoms with E-state index in [1.165, 1.54) is 0 Å². The number of amides is 1. The molecule has 2 heterocycles. The number of hydrogen-bond donors (Lipinski definition) is 1. The molecule has 0 aliphatic carbocycles. The minimum absolute atomic E-state index is 0. The second kappa shape index (κ2) is 6.94. The summed E-state index contributed by atoms with van der Waals surface area (Å²) in [6, 6.07) is 8.23. The number of halogens is 1. The molecule has 1 atom stereocenters. The Morgan fingerprint density at radius 2 is 2.14 bits per heavy atom. The van der Waals surface area contributed by atoms with Crippen LogP contribution < -0.4 is 5.32 Å². The van der Waals surface area contributed by atoms with Gasteiger partial charge in [-0.2, -0.15) is 5.10 Å². The third-order valence-electron chi connectivity index (χ3n) is 3.95. The van der Waals surface area contributed by atoms with E-state index in [4.69, 9.17) is 0 Å². The number of para-hydroxylation sites is 1. The van der Waals surface area contributed by atoms with Gasteiger partial charge in [0.05, 0.1) is 17.4 Å². The van der Waals surface area contributed by atoms with Crippen LogP contribution in [0.4, 0.5) is 0 Å². The van der Waals surface area contributed by atoms with Crippen molar-refractivity contribution in [2.24, 2.45) is 0 Å². The molecule has 6 heteroatoms. The second-order valence-electron chi connectivity index (χ2n) is 5.51. The molecule has 0 spiro atoms. The zero-order valence-corrected chi connectivity index (χ0v) is 13.6. The van der Waals surface area contributed by atoms with Crippen LogP contribution in [0.2, 0.25) is 0 Å². The van der Waals surface area contributed by atoms with Crippen molar-refractivity contribution in [3.63, 3.8) is 0 Å². The molecule has 1 amide bonds. The van der Waals surface area contributed by atoms with Gasteiger partial charge < -0.3 is 10.2 Å². The average Bonchev–Trinajstić information content (AvgIpc) is 2.97. The molecule has 1 aliphatic rings. The number of aryl methyl sites for hydroxylation is 1. The molecule has 1 aliphatic heterocycles. The number of benzene rings is 1. The van der Waals surface area contributed by atoms with Crippen molar-refractivity contribution < 1.29 is 4.79 Å². The molecule has 0 radical (unpaired) electrons. The summed E-state index contributed by atoms with van der Waals surface area (Å²) < 4.78 is 1.77. The molecule has 1 fully saturated rings. The first kappa shape index (κ1) is 16.5. The first-order valence-corrected chi connectivity index (χ1v) is 7.29. The summed E-state index contributed by atoms with van der Waals surface area (Å²) in [7, 11) is 0. The Labute approximate surface area is 136 Å². The van der Waals surface area contributed by atoms with Gasteiger partial charge in [-0.15, -0.1) is 12.4 Å². The summed E-state index contributed by atoms with van der Waals surface area (Å²) in [5, 5.41) is 7.64. The van der Waals surface area contributed by atoms with Gasteiger partial charge >= 0.3 is 0 Å². The van der Waals surface area contributed by atoms with Gasteiger partial charge in [0, 0.05) is 31.9 Å². The van der Waals surface area contributed by atoms with Crippen molar-refractivity contribution in [1.29, 1.82) is 0 Å². The predicted molar refractivity (Wildman–Crippen MR) is 88.9 cm³/mol. The zero-order valence-electron chi connectivity index (χ0n) is 12.8. The number of nitrogens with zero attached hydrogens (tertiary/aromatic N) is 3. The van der Waals surface area contributed by atoms with Crippen molar-refractivity contribution in [2.75, 3.05) is 19.6 Å². The van der Waals surface area contributed by atoms with E-state index in [-0.39, 0.29) is 24.4 Å². The molecule has 0 bridgehead atoms. The maximum absolute atomic E-state index is 12.6.